The van der Waals surface area contributed by atoms with Gasteiger partial charge in [0.2, 0.25) is 0 Å². The van der Waals surface area contributed by atoms with Crippen LogP contribution in [0.4, 0.5) is 5.69 Å². The zero-order valence-corrected chi connectivity index (χ0v) is 23.5. The molecule has 0 aliphatic carbocycles. The van der Waals surface area contributed by atoms with E-state index in [1.807, 2.05) is 36.0 Å². The van der Waals surface area contributed by atoms with E-state index in [1.54, 1.807) is 25.6 Å². The average Bonchev–Trinajstić information content (AvgIpc) is 3.37. The van der Waals surface area contributed by atoms with Gasteiger partial charge in [0, 0.05) is 55.5 Å². The van der Waals surface area contributed by atoms with E-state index in [0.29, 0.717) is 0 Å². The summed E-state index contributed by atoms with van der Waals surface area (Å²) in [5.74, 6) is 3.94. The molecule has 0 spiro atoms. The smallest absolute Gasteiger partial charge is 0.124 e. The van der Waals surface area contributed by atoms with Crippen LogP contribution < -0.4 is 20.1 Å². The van der Waals surface area contributed by atoms with E-state index in [2.05, 4.69) is 65.0 Å². The highest BCUT2D eigenvalue weighted by Crippen LogP contribution is 2.32. The Kier molecular flexibility index (Phi) is 10.5. The van der Waals surface area contributed by atoms with Crippen LogP contribution in [-0.2, 0) is 5.75 Å². The van der Waals surface area contributed by atoms with Gasteiger partial charge in [0.05, 0.1) is 24.4 Å². The van der Waals surface area contributed by atoms with Gasteiger partial charge in [0.1, 0.15) is 16.5 Å². The Labute approximate surface area is 228 Å². The Morgan fingerprint density at radius 1 is 0.865 bits per heavy atom. The zero-order chi connectivity index (χ0) is 25.9. The van der Waals surface area contributed by atoms with Gasteiger partial charge in [0.25, 0.3) is 0 Å². The minimum atomic E-state index is 0.858. The topological polar surface area (TPSA) is 58.7 Å². The molecule has 0 aliphatic rings. The number of nitrogens with one attached hydrogen (secondary N) is 2. The standard InChI is InChI=1S/C29H36N4O2S2/c1-33(18-19-36-21-22-4-9-25(34-2)10-5-22)17-16-30-14-15-31-24-8-13-27-28(20-24)37-29(32-27)23-6-11-26(35-3)12-7-23/h4-13,20,30-31H,14-19,21H2,1-3H3. The molecular formula is C29H36N4O2S2. The third-order valence-corrected chi connectivity index (χ3v) is 8.15. The van der Waals surface area contributed by atoms with E-state index in [9.17, 15) is 0 Å². The predicted octanol–water partition coefficient (Wildman–Crippen LogP) is 5.85. The maximum absolute atomic E-state index is 5.26. The lowest BCUT2D eigenvalue weighted by molar-refractivity contribution is 0.353. The molecular weight excluding hydrogens is 500 g/mol. The van der Waals surface area contributed by atoms with Crippen LogP contribution in [-0.4, -0.2) is 69.6 Å². The van der Waals surface area contributed by atoms with Gasteiger partial charge < -0.3 is 25.0 Å². The molecule has 1 heterocycles. The van der Waals surface area contributed by atoms with Crippen molar-refractivity contribution in [2.75, 3.05) is 65.1 Å². The van der Waals surface area contributed by atoms with Crippen molar-refractivity contribution >= 4 is 39.0 Å². The summed E-state index contributed by atoms with van der Waals surface area (Å²) in [5.41, 5.74) is 4.62. The Bertz CT molecular complexity index is 1230. The summed E-state index contributed by atoms with van der Waals surface area (Å²) in [6.45, 7) is 4.94. The summed E-state index contributed by atoms with van der Waals surface area (Å²) in [6.07, 6.45) is 0. The molecule has 4 aromatic rings. The highest BCUT2D eigenvalue weighted by molar-refractivity contribution is 7.98. The van der Waals surface area contributed by atoms with Gasteiger partial charge in [-0.25, -0.2) is 4.98 Å². The fourth-order valence-corrected chi connectivity index (χ4v) is 5.85. The van der Waals surface area contributed by atoms with Gasteiger partial charge in [-0.1, -0.05) is 12.1 Å². The third kappa shape index (κ3) is 8.36. The maximum atomic E-state index is 5.26. The summed E-state index contributed by atoms with van der Waals surface area (Å²) < 4.78 is 11.7. The molecule has 4 rings (SSSR count). The minimum Gasteiger partial charge on any atom is -0.497 e. The van der Waals surface area contributed by atoms with Crippen molar-refractivity contribution in [2.45, 2.75) is 5.75 Å². The lowest BCUT2D eigenvalue weighted by atomic mass is 10.2. The van der Waals surface area contributed by atoms with Crippen molar-refractivity contribution in [1.29, 1.82) is 0 Å². The first-order chi connectivity index (χ1) is 18.1. The second kappa shape index (κ2) is 14.2. The van der Waals surface area contributed by atoms with E-state index >= 15 is 0 Å². The number of methoxy groups -OCH3 is 2. The Morgan fingerprint density at radius 3 is 2.32 bits per heavy atom. The molecule has 196 valence electrons. The summed E-state index contributed by atoms with van der Waals surface area (Å²) >= 11 is 3.69. The van der Waals surface area contributed by atoms with Gasteiger partial charge in [-0.15, -0.1) is 11.3 Å². The van der Waals surface area contributed by atoms with Crippen molar-refractivity contribution in [2.24, 2.45) is 0 Å². The van der Waals surface area contributed by atoms with Gasteiger partial charge in [0.15, 0.2) is 0 Å². The van der Waals surface area contributed by atoms with E-state index in [1.165, 1.54) is 10.3 Å². The van der Waals surface area contributed by atoms with Crippen LogP contribution >= 0.6 is 23.1 Å². The van der Waals surface area contributed by atoms with Crippen LogP contribution in [0.5, 0.6) is 11.5 Å². The summed E-state index contributed by atoms with van der Waals surface area (Å²) in [6, 6.07) is 22.8. The molecule has 0 unspecified atom stereocenters. The fraction of sp³-hybridized carbons (Fsp3) is 0.345. The van der Waals surface area contributed by atoms with Crippen LogP contribution in [0, 0.1) is 0 Å². The van der Waals surface area contributed by atoms with Gasteiger partial charge in [-0.05, 0) is 67.2 Å². The Hall–Kier alpha value is -2.78. The lowest BCUT2D eigenvalue weighted by Gasteiger charge is -2.17. The highest BCUT2D eigenvalue weighted by Gasteiger charge is 2.07. The first-order valence-corrected chi connectivity index (χ1v) is 14.5. The first kappa shape index (κ1) is 27.3. The number of benzene rings is 3. The number of hydrogen-bond donors (Lipinski definition) is 2. The molecule has 3 aromatic carbocycles. The molecule has 2 N–H and O–H groups in total. The highest BCUT2D eigenvalue weighted by atomic mass is 32.2. The molecule has 0 amide bonds. The second-order valence-corrected chi connectivity index (χ2v) is 10.9. The van der Waals surface area contributed by atoms with E-state index < -0.39 is 0 Å². The van der Waals surface area contributed by atoms with Crippen molar-refractivity contribution in [3.8, 4) is 22.1 Å². The molecule has 0 radical (unpaired) electrons. The van der Waals surface area contributed by atoms with Crippen molar-refractivity contribution in [3.05, 3.63) is 72.3 Å². The monoisotopic (exact) mass is 536 g/mol. The number of rotatable bonds is 15. The van der Waals surface area contributed by atoms with Crippen LogP contribution in [0.1, 0.15) is 5.56 Å². The number of thiazole rings is 1. The number of ether oxygens (including phenoxy) is 2. The number of anilines is 1. The number of nitrogens with zero attached hydrogens (tertiary/aromatic N) is 2. The Morgan fingerprint density at radius 2 is 1.59 bits per heavy atom. The van der Waals surface area contributed by atoms with Gasteiger partial charge in [-0.3, -0.25) is 0 Å². The summed E-state index contributed by atoms with van der Waals surface area (Å²) in [7, 11) is 5.58. The normalized spacial score (nSPS) is 11.2. The second-order valence-electron chi connectivity index (χ2n) is 8.81. The van der Waals surface area contributed by atoms with Gasteiger partial charge in [-0.2, -0.15) is 11.8 Å². The summed E-state index contributed by atoms with van der Waals surface area (Å²) in [5, 5.41) is 8.10. The molecule has 0 bridgehead atoms. The number of thioether (sulfide) groups is 1. The molecule has 0 saturated carbocycles. The van der Waals surface area contributed by atoms with E-state index in [4.69, 9.17) is 14.5 Å². The number of aromatic nitrogens is 1. The molecule has 6 nitrogen and oxygen atoms in total. The van der Waals surface area contributed by atoms with Crippen LogP contribution in [0.2, 0.25) is 0 Å². The zero-order valence-electron chi connectivity index (χ0n) is 21.8. The van der Waals surface area contributed by atoms with Crippen molar-refractivity contribution < 1.29 is 9.47 Å². The van der Waals surface area contributed by atoms with Crippen molar-refractivity contribution in [3.63, 3.8) is 0 Å². The molecule has 1 aromatic heterocycles. The minimum absolute atomic E-state index is 0.858. The molecule has 0 fully saturated rings. The number of fused-ring (bicyclic) bond motifs is 1. The van der Waals surface area contributed by atoms with Crippen LogP contribution in [0.3, 0.4) is 0 Å². The van der Waals surface area contributed by atoms with Crippen LogP contribution in [0.15, 0.2) is 66.7 Å². The van der Waals surface area contributed by atoms with Crippen LogP contribution in [0.25, 0.3) is 20.8 Å². The number of hydrogen-bond acceptors (Lipinski definition) is 8. The first-order valence-electron chi connectivity index (χ1n) is 12.5. The fourth-order valence-electron chi connectivity index (χ4n) is 3.83. The lowest BCUT2D eigenvalue weighted by Crippen LogP contribution is -2.32. The van der Waals surface area contributed by atoms with Crippen molar-refractivity contribution in [1.82, 2.24) is 15.2 Å². The molecule has 0 saturated heterocycles. The summed E-state index contributed by atoms with van der Waals surface area (Å²) in [4.78, 5) is 7.18. The van der Waals surface area contributed by atoms with E-state index in [-0.39, 0.29) is 0 Å². The molecule has 8 heteroatoms. The molecule has 0 aliphatic heterocycles. The SMILES string of the molecule is COc1ccc(CSCCN(C)CCNCCNc2ccc3nc(-c4ccc(OC)cc4)sc3c2)cc1. The largest absolute Gasteiger partial charge is 0.497 e. The number of likely N-dealkylation sites (N-methyl/N-ethyl adjacent to an activating group) is 1. The van der Waals surface area contributed by atoms with E-state index in [0.717, 1.165) is 77.5 Å². The predicted molar refractivity (Wildman–Crippen MR) is 160 cm³/mol. The molecule has 0 atom stereocenters. The van der Waals surface area contributed by atoms with Gasteiger partial charge >= 0.3 is 0 Å². The third-order valence-electron chi connectivity index (χ3n) is 6.07. The maximum Gasteiger partial charge on any atom is 0.124 e. The molecule has 37 heavy (non-hydrogen) atoms. The average molecular weight is 537 g/mol. The quantitative estimate of drug-likeness (QED) is 0.185. The Balaban J connectivity index is 1.10.